The van der Waals surface area contributed by atoms with Gasteiger partial charge in [0.05, 0.1) is 0 Å². The van der Waals surface area contributed by atoms with Crippen LogP contribution in [0.1, 0.15) is 50.9 Å². The molecule has 1 aromatic carbocycles. The highest BCUT2D eigenvalue weighted by Crippen LogP contribution is 2.14. The summed E-state index contributed by atoms with van der Waals surface area (Å²) in [5.74, 6) is -3.61. The molecule has 1 atom stereocenters. The first-order valence-corrected chi connectivity index (χ1v) is 8.46. The summed E-state index contributed by atoms with van der Waals surface area (Å²) < 4.78 is 27.5. The number of benzene rings is 1. The summed E-state index contributed by atoms with van der Waals surface area (Å²) in [5.41, 5.74) is 4.93. The molecule has 1 aromatic rings. The monoisotopic (exact) mass is 391 g/mol. The summed E-state index contributed by atoms with van der Waals surface area (Å²) in [6.07, 6.45) is 1.37. The fraction of sp³-hybridized carbons (Fsp3) is 0.556. The standard InChI is InChI=1S/C18H27F2N3O2.ClH/c1-5-18(21,6-2)10-22-17(25)15(11(3)4)23-16(24)14-12(19)8-7-9-13(14)20;/h7-9,11,15H,5-6,10,21H2,1-4H3,(H,22,25)(H,23,24);1H. The van der Waals surface area contributed by atoms with Gasteiger partial charge in [-0.2, -0.15) is 0 Å². The van der Waals surface area contributed by atoms with E-state index >= 15 is 0 Å². The minimum atomic E-state index is -0.974. The maximum absolute atomic E-state index is 13.7. The molecule has 4 N–H and O–H groups in total. The molecular formula is C18H28ClF2N3O2. The fourth-order valence-corrected chi connectivity index (χ4v) is 2.34. The van der Waals surface area contributed by atoms with E-state index in [1.54, 1.807) is 13.8 Å². The molecular weight excluding hydrogens is 364 g/mol. The third-order valence-electron chi connectivity index (χ3n) is 4.45. The van der Waals surface area contributed by atoms with E-state index in [1.807, 2.05) is 13.8 Å². The third kappa shape index (κ3) is 6.21. The number of carbonyl (C=O) groups is 2. The van der Waals surface area contributed by atoms with Crippen LogP contribution in [0.4, 0.5) is 8.78 Å². The molecule has 0 radical (unpaired) electrons. The van der Waals surface area contributed by atoms with Crippen molar-refractivity contribution in [2.45, 2.75) is 52.1 Å². The van der Waals surface area contributed by atoms with Crippen LogP contribution in [-0.2, 0) is 4.79 Å². The minimum absolute atomic E-state index is 0. The fourth-order valence-electron chi connectivity index (χ4n) is 2.34. The molecule has 0 saturated heterocycles. The van der Waals surface area contributed by atoms with Gasteiger partial charge < -0.3 is 16.4 Å². The largest absolute Gasteiger partial charge is 0.352 e. The predicted octanol–water partition coefficient (Wildman–Crippen LogP) is 2.77. The highest BCUT2D eigenvalue weighted by molar-refractivity contribution is 5.98. The minimum Gasteiger partial charge on any atom is -0.352 e. The van der Waals surface area contributed by atoms with Crippen LogP contribution in [0.3, 0.4) is 0 Å². The summed E-state index contributed by atoms with van der Waals surface area (Å²) in [6.45, 7) is 7.58. The molecule has 0 aromatic heterocycles. The van der Waals surface area contributed by atoms with Crippen LogP contribution in [0.25, 0.3) is 0 Å². The van der Waals surface area contributed by atoms with Crippen molar-refractivity contribution in [1.29, 1.82) is 0 Å². The first kappa shape index (κ1) is 24.3. The lowest BCUT2D eigenvalue weighted by Crippen LogP contribution is -2.55. The molecule has 2 amide bonds. The summed E-state index contributed by atoms with van der Waals surface area (Å²) >= 11 is 0. The number of hydrogen-bond donors (Lipinski definition) is 3. The molecule has 148 valence electrons. The van der Waals surface area contributed by atoms with Gasteiger partial charge in [0, 0.05) is 12.1 Å². The molecule has 8 heteroatoms. The highest BCUT2D eigenvalue weighted by atomic mass is 35.5. The van der Waals surface area contributed by atoms with Crippen LogP contribution in [0, 0.1) is 17.6 Å². The first-order valence-electron chi connectivity index (χ1n) is 8.46. The van der Waals surface area contributed by atoms with Crippen molar-refractivity contribution < 1.29 is 18.4 Å². The van der Waals surface area contributed by atoms with Crippen molar-refractivity contribution in [1.82, 2.24) is 10.6 Å². The zero-order valence-electron chi connectivity index (χ0n) is 15.6. The van der Waals surface area contributed by atoms with Gasteiger partial charge in [-0.05, 0) is 30.9 Å². The molecule has 0 fully saturated rings. The second kappa shape index (κ2) is 10.4. The average molecular weight is 392 g/mol. The van der Waals surface area contributed by atoms with Crippen molar-refractivity contribution in [3.63, 3.8) is 0 Å². The van der Waals surface area contributed by atoms with Crippen LogP contribution >= 0.6 is 12.4 Å². The average Bonchev–Trinajstić information content (AvgIpc) is 2.56. The normalized spacial score (nSPS) is 12.3. The van der Waals surface area contributed by atoms with Crippen LogP contribution in [0.2, 0.25) is 0 Å². The summed E-state index contributed by atoms with van der Waals surface area (Å²) in [5, 5.41) is 5.14. The Bertz CT molecular complexity index is 602. The molecule has 26 heavy (non-hydrogen) atoms. The van der Waals surface area contributed by atoms with Gasteiger partial charge in [-0.25, -0.2) is 8.78 Å². The number of halogens is 3. The molecule has 0 bridgehead atoms. The van der Waals surface area contributed by atoms with E-state index in [9.17, 15) is 18.4 Å². The van der Waals surface area contributed by atoms with E-state index in [4.69, 9.17) is 5.73 Å². The van der Waals surface area contributed by atoms with Crippen LogP contribution in [0.5, 0.6) is 0 Å². The number of hydrogen-bond acceptors (Lipinski definition) is 3. The van der Waals surface area contributed by atoms with Crippen LogP contribution < -0.4 is 16.4 Å². The van der Waals surface area contributed by atoms with Crippen molar-refractivity contribution in [2.24, 2.45) is 11.7 Å². The van der Waals surface area contributed by atoms with Gasteiger partial charge in [0.1, 0.15) is 23.2 Å². The Morgan fingerprint density at radius 3 is 2.08 bits per heavy atom. The van der Waals surface area contributed by atoms with Gasteiger partial charge in [-0.1, -0.05) is 33.8 Å². The van der Waals surface area contributed by atoms with Crippen molar-refractivity contribution in [3.8, 4) is 0 Å². The number of nitrogens with two attached hydrogens (primary N) is 1. The Kier molecular flexibility index (Phi) is 9.73. The zero-order valence-corrected chi connectivity index (χ0v) is 16.4. The Hall–Kier alpha value is -1.73. The van der Waals surface area contributed by atoms with E-state index in [-0.39, 0.29) is 24.9 Å². The Morgan fingerprint density at radius 2 is 1.65 bits per heavy atom. The molecule has 1 rings (SSSR count). The van der Waals surface area contributed by atoms with Gasteiger partial charge in [0.25, 0.3) is 5.91 Å². The van der Waals surface area contributed by atoms with Gasteiger partial charge in [0.2, 0.25) is 5.91 Å². The Balaban J connectivity index is 0.00000625. The van der Waals surface area contributed by atoms with Gasteiger partial charge in [0.15, 0.2) is 0 Å². The summed E-state index contributed by atoms with van der Waals surface area (Å²) in [7, 11) is 0. The predicted molar refractivity (Wildman–Crippen MR) is 100 cm³/mol. The third-order valence-corrected chi connectivity index (χ3v) is 4.45. The lowest BCUT2D eigenvalue weighted by atomic mass is 9.94. The van der Waals surface area contributed by atoms with Gasteiger partial charge in [-0.15, -0.1) is 12.4 Å². The Morgan fingerprint density at radius 1 is 1.15 bits per heavy atom. The molecule has 0 aliphatic heterocycles. The van der Waals surface area contributed by atoms with Gasteiger partial charge in [-0.3, -0.25) is 9.59 Å². The molecule has 5 nitrogen and oxygen atoms in total. The zero-order chi connectivity index (χ0) is 19.2. The van der Waals surface area contributed by atoms with Crippen molar-refractivity contribution in [2.75, 3.05) is 6.54 Å². The van der Waals surface area contributed by atoms with E-state index in [0.717, 1.165) is 12.1 Å². The maximum Gasteiger partial charge on any atom is 0.257 e. The molecule has 0 aliphatic rings. The first-order chi connectivity index (χ1) is 11.6. The van der Waals surface area contributed by atoms with Gasteiger partial charge >= 0.3 is 0 Å². The molecule has 0 heterocycles. The van der Waals surface area contributed by atoms with E-state index in [0.29, 0.717) is 12.8 Å². The lowest BCUT2D eigenvalue weighted by Gasteiger charge is -2.29. The van der Waals surface area contributed by atoms with Crippen molar-refractivity contribution in [3.05, 3.63) is 35.4 Å². The number of rotatable bonds is 8. The van der Waals surface area contributed by atoms with E-state index < -0.39 is 40.6 Å². The smallest absolute Gasteiger partial charge is 0.257 e. The van der Waals surface area contributed by atoms with E-state index in [1.165, 1.54) is 6.07 Å². The van der Waals surface area contributed by atoms with Crippen molar-refractivity contribution >= 4 is 24.2 Å². The molecule has 1 unspecified atom stereocenters. The SMILES string of the molecule is CCC(N)(CC)CNC(=O)C(NC(=O)c1c(F)cccc1F)C(C)C.Cl. The highest BCUT2D eigenvalue weighted by Gasteiger charge is 2.29. The maximum atomic E-state index is 13.7. The topological polar surface area (TPSA) is 84.2 Å². The second-order valence-electron chi connectivity index (χ2n) is 6.58. The summed E-state index contributed by atoms with van der Waals surface area (Å²) in [6, 6.07) is 2.23. The lowest BCUT2D eigenvalue weighted by molar-refractivity contribution is -0.124. The Labute approximate surface area is 159 Å². The quantitative estimate of drug-likeness (QED) is 0.637. The van der Waals surface area contributed by atoms with E-state index in [2.05, 4.69) is 10.6 Å². The molecule has 0 spiro atoms. The van der Waals surface area contributed by atoms with Crippen LogP contribution in [-0.4, -0.2) is 29.9 Å². The summed E-state index contributed by atoms with van der Waals surface area (Å²) in [4.78, 5) is 24.7. The number of carbonyl (C=O) groups excluding carboxylic acids is 2. The number of nitrogens with one attached hydrogen (secondary N) is 2. The molecule has 0 aliphatic carbocycles. The second-order valence-corrected chi connectivity index (χ2v) is 6.58. The number of amides is 2. The van der Waals surface area contributed by atoms with Crippen LogP contribution in [0.15, 0.2) is 18.2 Å². The molecule has 0 saturated carbocycles.